The number of primary amides is 1. The van der Waals surface area contributed by atoms with Gasteiger partial charge >= 0.3 is 6.00 Å². The second kappa shape index (κ2) is 5.80. The fourth-order valence-electron chi connectivity index (χ4n) is 0.798. The number of nitrogens with two attached hydrogens (primary N) is 1. The molecule has 2 N–H and O–H groups in total. The Morgan fingerprint density at radius 2 is 1.86 bits per heavy atom. The average molecular weight is 278 g/mol. The SMILES string of the molecule is CC(=O)N(CC[Si](Cl)(Cl)Cl)CC(N)=O. The van der Waals surface area contributed by atoms with Crippen LogP contribution in [0.25, 0.3) is 0 Å². The summed E-state index contributed by atoms with van der Waals surface area (Å²) in [5.41, 5.74) is 4.95. The van der Waals surface area contributed by atoms with Crippen LogP contribution in [0.4, 0.5) is 0 Å². The minimum Gasteiger partial charge on any atom is -0.368 e. The minimum atomic E-state index is -2.75. The van der Waals surface area contributed by atoms with Gasteiger partial charge in [-0.3, -0.25) is 9.59 Å². The van der Waals surface area contributed by atoms with E-state index in [2.05, 4.69) is 0 Å². The van der Waals surface area contributed by atoms with Gasteiger partial charge in [-0.2, -0.15) is 0 Å². The second-order valence-electron chi connectivity index (χ2n) is 2.77. The Hall–Kier alpha value is 0.0269. The summed E-state index contributed by atoms with van der Waals surface area (Å²) in [7, 11) is 0. The zero-order valence-electron chi connectivity index (χ0n) is 7.60. The van der Waals surface area contributed by atoms with Crippen LogP contribution >= 0.6 is 33.2 Å². The van der Waals surface area contributed by atoms with Crippen LogP contribution in [0, 0.1) is 0 Å². The van der Waals surface area contributed by atoms with Gasteiger partial charge in [0.05, 0.1) is 6.54 Å². The fourth-order valence-corrected chi connectivity index (χ4v) is 2.08. The van der Waals surface area contributed by atoms with Crippen molar-refractivity contribution in [3.63, 3.8) is 0 Å². The molecule has 82 valence electrons. The van der Waals surface area contributed by atoms with Gasteiger partial charge in [0.2, 0.25) is 11.8 Å². The van der Waals surface area contributed by atoms with Crippen molar-refractivity contribution in [1.82, 2.24) is 4.90 Å². The molecule has 8 heteroatoms. The lowest BCUT2D eigenvalue weighted by Gasteiger charge is -2.20. The molecule has 0 heterocycles. The van der Waals surface area contributed by atoms with Crippen molar-refractivity contribution in [2.24, 2.45) is 5.73 Å². The van der Waals surface area contributed by atoms with Gasteiger partial charge in [-0.05, 0) is 0 Å². The van der Waals surface area contributed by atoms with E-state index in [-0.39, 0.29) is 19.0 Å². The van der Waals surface area contributed by atoms with Crippen LogP contribution in [0.15, 0.2) is 0 Å². The summed E-state index contributed by atoms with van der Waals surface area (Å²) >= 11 is 16.9. The van der Waals surface area contributed by atoms with Crippen LogP contribution < -0.4 is 5.73 Å². The van der Waals surface area contributed by atoms with E-state index in [0.717, 1.165) is 0 Å². The van der Waals surface area contributed by atoms with Crippen LogP contribution in [0.2, 0.25) is 6.04 Å². The predicted molar refractivity (Wildman–Crippen MR) is 59.6 cm³/mol. The molecule has 2 amide bonds. The van der Waals surface area contributed by atoms with Gasteiger partial charge in [-0.15, -0.1) is 33.2 Å². The van der Waals surface area contributed by atoms with E-state index in [4.69, 9.17) is 39.0 Å². The Balaban J connectivity index is 4.11. The number of amides is 2. The standard InChI is InChI=1S/C6H11Cl3N2O2Si/c1-5(12)11(4-6(10)13)2-3-14(7,8)9/h2-4H2,1H3,(H2,10,13). The van der Waals surface area contributed by atoms with Crippen molar-refractivity contribution in [3.8, 4) is 0 Å². The third-order valence-corrected chi connectivity index (χ3v) is 3.95. The highest BCUT2D eigenvalue weighted by molar-refractivity contribution is 7.64. The topological polar surface area (TPSA) is 63.4 Å². The second-order valence-corrected chi connectivity index (χ2v) is 12.1. The Bertz CT molecular complexity index is 232. The van der Waals surface area contributed by atoms with Crippen LogP contribution in [0.5, 0.6) is 0 Å². The van der Waals surface area contributed by atoms with E-state index in [9.17, 15) is 9.59 Å². The maximum absolute atomic E-state index is 11.0. The van der Waals surface area contributed by atoms with Crippen LogP contribution in [-0.4, -0.2) is 35.8 Å². The van der Waals surface area contributed by atoms with Crippen LogP contribution in [-0.2, 0) is 9.59 Å². The number of hydrogen-bond acceptors (Lipinski definition) is 2. The molecule has 0 aliphatic heterocycles. The van der Waals surface area contributed by atoms with Gasteiger partial charge < -0.3 is 10.6 Å². The summed E-state index contributed by atoms with van der Waals surface area (Å²) in [6, 6.07) is -2.45. The molecule has 0 fully saturated rings. The van der Waals surface area contributed by atoms with Crippen molar-refractivity contribution < 1.29 is 9.59 Å². The third-order valence-electron chi connectivity index (χ3n) is 1.46. The first-order valence-corrected chi connectivity index (χ1v) is 9.07. The molecule has 0 saturated heterocycles. The van der Waals surface area contributed by atoms with E-state index in [1.807, 2.05) is 0 Å². The van der Waals surface area contributed by atoms with E-state index in [0.29, 0.717) is 6.04 Å². The lowest BCUT2D eigenvalue weighted by Crippen LogP contribution is -2.39. The first-order valence-electron chi connectivity index (χ1n) is 3.83. The minimum absolute atomic E-state index is 0.134. The van der Waals surface area contributed by atoms with Crippen LogP contribution in [0.3, 0.4) is 0 Å². The summed E-state index contributed by atoms with van der Waals surface area (Å²) < 4.78 is 0. The average Bonchev–Trinajstić information content (AvgIpc) is 1.94. The molecule has 0 rings (SSSR count). The van der Waals surface area contributed by atoms with Crippen molar-refractivity contribution in [1.29, 1.82) is 0 Å². The maximum atomic E-state index is 11.0. The van der Waals surface area contributed by atoms with Gasteiger partial charge in [-0.1, -0.05) is 0 Å². The Kier molecular flexibility index (Phi) is 5.81. The lowest BCUT2D eigenvalue weighted by atomic mass is 10.4. The van der Waals surface area contributed by atoms with Crippen molar-refractivity contribution >= 4 is 51.1 Å². The molecule has 0 atom stereocenters. The smallest absolute Gasteiger partial charge is 0.343 e. The van der Waals surface area contributed by atoms with Gasteiger partial charge in [0.1, 0.15) is 0 Å². The monoisotopic (exact) mass is 276 g/mol. The van der Waals surface area contributed by atoms with Crippen molar-refractivity contribution in [3.05, 3.63) is 0 Å². The summed E-state index contributed by atoms with van der Waals surface area (Å²) in [5, 5.41) is 0. The maximum Gasteiger partial charge on any atom is 0.343 e. The number of carbonyl (C=O) groups is 2. The van der Waals surface area contributed by atoms with Crippen molar-refractivity contribution in [2.45, 2.75) is 13.0 Å². The summed E-state index contributed by atoms with van der Waals surface area (Å²) in [6.07, 6.45) is 0. The zero-order valence-corrected chi connectivity index (χ0v) is 10.9. The summed E-state index contributed by atoms with van der Waals surface area (Å²) in [6.45, 7) is 1.45. The number of nitrogens with zero attached hydrogens (tertiary/aromatic N) is 1. The zero-order chi connectivity index (χ0) is 11.4. The normalized spacial score (nSPS) is 11.1. The molecule has 0 saturated carbocycles. The van der Waals surface area contributed by atoms with E-state index in [1.165, 1.54) is 11.8 Å². The molecule has 0 aliphatic carbocycles. The highest BCUT2D eigenvalue weighted by atomic mass is 35.8. The molecule has 0 aromatic heterocycles. The third kappa shape index (κ3) is 7.43. The van der Waals surface area contributed by atoms with E-state index >= 15 is 0 Å². The number of halogens is 3. The highest BCUT2D eigenvalue weighted by Crippen LogP contribution is 2.24. The van der Waals surface area contributed by atoms with Crippen LogP contribution in [0.1, 0.15) is 6.92 Å². The summed E-state index contributed by atoms with van der Waals surface area (Å²) in [5.74, 6) is -0.835. The largest absolute Gasteiger partial charge is 0.368 e. The first-order chi connectivity index (χ1) is 6.22. The van der Waals surface area contributed by atoms with Gasteiger partial charge in [-0.25, -0.2) is 0 Å². The van der Waals surface area contributed by atoms with Gasteiger partial charge in [0, 0.05) is 19.5 Å². The fraction of sp³-hybridized carbons (Fsp3) is 0.667. The molecule has 0 aliphatic rings. The number of hydrogen-bond donors (Lipinski definition) is 1. The van der Waals surface area contributed by atoms with E-state index < -0.39 is 11.9 Å². The lowest BCUT2D eigenvalue weighted by molar-refractivity contribution is -0.133. The highest BCUT2D eigenvalue weighted by Gasteiger charge is 2.26. The van der Waals surface area contributed by atoms with Gasteiger partial charge in [0.15, 0.2) is 0 Å². The first kappa shape index (κ1) is 14.0. The Morgan fingerprint density at radius 3 is 2.14 bits per heavy atom. The molecule has 14 heavy (non-hydrogen) atoms. The van der Waals surface area contributed by atoms with E-state index in [1.54, 1.807) is 0 Å². The molecule has 0 unspecified atom stereocenters. The Labute approximate surface area is 97.4 Å². The molecule has 0 bridgehead atoms. The molecule has 0 aromatic carbocycles. The molecule has 4 nitrogen and oxygen atoms in total. The quantitative estimate of drug-likeness (QED) is 0.601. The summed E-state index contributed by atoms with van der Waals surface area (Å²) in [4.78, 5) is 22.8. The predicted octanol–water partition coefficient (Wildman–Crippen LogP) is 0.976. The van der Waals surface area contributed by atoms with Gasteiger partial charge in [0.25, 0.3) is 0 Å². The van der Waals surface area contributed by atoms with Crippen molar-refractivity contribution in [2.75, 3.05) is 13.1 Å². The molecule has 0 aromatic rings. The molecular formula is C6H11Cl3N2O2Si. The molecule has 0 spiro atoms. The number of carbonyl (C=O) groups excluding carboxylic acids is 2. The molecular weight excluding hydrogens is 267 g/mol. The Morgan fingerprint density at radius 1 is 1.36 bits per heavy atom. The number of rotatable bonds is 5. The molecule has 0 radical (unpaired) electrons.